The Kier molecular flexibility index (Phi) is 4.72. The lowest BCUT2D eigenvalue weighted by atomic mass is 9.88. The fraction of sp³-hybridized carbons (Fsp3) is 0.250. The largest absolute Gasteiger partial charge is 0.150 e. The summed E-state index contributed by atoms with van der Waals surface area (Å²) in [6, 6.07) is 27.8. The third-order valence-electron chi connectivity index (χ3n) is 7.97. The number of aryl methyl sites for hydroxylation is 8. The monoisotopic (exact) mass is 440 g/mol. The zero-order valence-electron chi connectivity index (χ0n) is 19.5. The maximum absolute atomic E-state index is 4.92. The fourth-order valence-corrected chi connectivity index (χ4v) is 5.92. The quantitative estimate of drug-likeness (QED) is 0.255. The van der Waals surface area contributed by atoms with Crippen LogP contribution in [0.25, 0.3) is 21.8 Å². The SMILES string of the molecule is c1cc2ccc1CCc1ccc(c3c1nnc1c4ccc(c13)CCc1ccc(cc1)CC4)CC2. The van der Waals surface area contributed by atoms with Gasteiger partial charge in [0, 0.05) is 10.8 Å². The molecule has 0 N–H and O–H groups in total. The molecule has 8 aliphatic rings. The third kappa shape index (κ3) is 3.40. The third-order valence-corrected chi connectivity index (χ3v) is 7.97. The Morgan fingerprint density at radius 3 is 0.971 bits per heavy atom. The van der Waals surface area contributed by atoms with E-state index in [4.69, 9.17) is 10.2 Å². The predicted octanol–water partition coefficient (Wildman–Crippen LogP) is 6.55. The summed E-state index contributed by atoms with van der Waals surface area (Å²) in [5, 5.41) is 12.6. The van der Waals surface area contributed by atoms with Crippen LogP contribution in [0.5, 0.6) is 0 Å². The first-order valence-electron chi connectivity index (χ1n) is 12.7. The van der Waals surface area contributed by atoms with E-state index in [1.54, 1.807) is 0 Å². The second-order valence-electron chi connectivity index (χ2n) is 10.0. The van der Waals surface area contributed by atoms with E-state index in [1.807, 2.05) is 0 Å². The molecule has 8 aliphatic carbocycles. The van der Waals surface area contributed by atoms with Gasteiger partial charge < -0.3 is 0 Å². The molecule has 2 nitrogen and oxygen atoms in total. The van der Waals surface area contributed by atoms with Crippen LogP contribution in [0.3, 0.4) is 0 Å². The average molecular weight is 441 g/mol. The van der Waals surface area contributed by atoms with E-state index in [-0.39, 0.29) is 0 Å². The highest BCUT2D eigenvalue weighted by atomic mass is 15.1. The number of hydrogen-bond acceptors (Lipinski definition) is 2. The summed E-state index contributed by atoms with van der Waals surface area (Å²) in [6.07, 6.45) is 8.24. The van der Waals surface area contributed by atoms with Gasteiger partial charge in [0.2, 0.25) is 0 Å². The molecule has 0 saturated heterocycles. The minimum Gasteiger partial charge on any atom is -0.150 e. The van der Waals surface area contributed by atoms with Gasteiger partial charge >= 0.3 is 0 Å². The molecular formula is C32H28N2. The second kappa shape index (κ2) is 8.06. The van der Waals surface area contributed by atoms with Crippen molar-refractivity contribution in [3.05, 3.63) is 117 Å². The first kappa shape index (κ1) is 19.9. The summed E-state index contributed by atoms with van der Waals surface area (Å²) in [4.78, 5) is 0. The molecule has 0 aliphatic heterocycles. The van der Waals surface area contributed by atoms with Crippen molar-refractivity contribution in [1.82, 2.24) is 10.2 Å². The fourth-order valence-electron chi connectivity index (χ4n) is 5.92. The van der Waals surface area contributed by atoms with Gasteiger partial charge in [0.1, 0.15) is 0 Å². The van der Waals surface area contributed by atoms with Gasteiger partial charge in [-0.15, -0.1) is 10.2 Å². The van der Waals surface area contributed by atoms with Gasteiger partial charge in [0.25, 0.3) is 0 Å². The van der Waals surface area contributed by atoms with Crippen LogP contribution < -0.4 is 0 Å². The highest BCUT2D eigenvalue weighted by molar-refractivity contribution is 6.09. The van der Waals surface area contributed by atoms with E-state index in [0.717, 1.165) is 62.4 Å². The minimum atomic E-state index is 0.997. The summed E-state index contributed by atoms with van der Waals surface area (Å²) in [7, 11) is 0. The van der Waals surface area contributed by atoms with Crippen molar-refractivity contribution in [1.29, 1.82) is 0 Å². The summed E-state index contributed by atoms with van der Waals surface area (Å²) < 4.78 is 0. The van der Waals surface area contributed by atoms with Crippen molar-refractivity contribution < 1.29 is 0 Å². The van der Waals surface area contributed by atoms with Crippen molar-refractivity contribution in [2.24, 2.45) is 0 Å². The smallest absolute Gasteiger partial charge is 0.0971 e. The molecule has 0 spiro atoms. The van der Waals surface area contributed by atoms with Crippen molar-refractivity contribution in [3.8, 4) is 0 Å². The maximum atomic E-state index is 4.92. The van der Waals surface area contributed by atoms with Crippen LogP contribution in [0, 0.1) is 0 Å². The molecule has 5 aromatic rings. The van der Waals surface area contributed by atoms with E-state index in [1.165, 1.54) is 55.3 Å². The Morgan fingerprint density at radius 1 is 0.324 bits per heavy atom. The molecule has 0 amide bonds. The van der Waals surface area contributed by atoms with E-state index < -0.39 is 0 Å². The van der Waals surface area contributed by atoms with Crippen LogP contribution in [-0.4, -0.2) is 10.2 Å². The lowest BCUT2D eigenvalue weighted by Crippen LogP contribution is -2.06. The van der Waals surface area contributed by atoms with Crippen molar-refractivity contribution in [3.63, 3.8) is 0 Å². The van der Waals surface area contributed by atoms with E-state index in [2.05, 4.69) is 72.8 Å². The highest BCUT2D eigenvalue weighted by Gasteiger charge is 2.18. The molecule has 1 aromatic heterocycles. The molecule has 0 unspecified atom stereocenters. The summed E-state index contributed by atoms with van der Waals surface area (Å²) in [6.45, 7) is 0. The zero-order valence-corrected chi connectivity index (χ0v) is 19.5. The average Bonchev–Trinajstić information content (AvgIpc) is 2.87. The zero-order chi connectivity index (χ0) is 22.5. The molecule has 0 atom stereocenters. The molecule has 1 heterocycles. The summed E-state index contributed by atoms with van der Waals surface area (Å²) in [5.74, 6) is 0. The topological polar surface area (TPSA) is 25.8 Å². The highest BCUT2D eigenvalue weighted by Crippen LogP contribution is 2.35. The molecule has 34 heavy (non-hydrogen) atoms. The molecule has 0 saturated carbocycles. The Labute approximate surface area is 200 Å². The van der Waals surface area contributed by atoms with Crippen LogP contribution in [0.1, 0.15) is 44.5 Å². The Balaban J connectivity index is 1.48. The Morgan fingerprint density at radius 2 is 0.618 bits per heavy atom. The number of aromatic nitrogens is 2. The van der Waals surface area contributed by atoms with Gasteiger partial charge in [-0.25, -0.2) is 0 Å². The van der Waals surface area contributed by atoms with E-state index in [0.29, 0.717) is 0 Å². The summed E-state index contributed by atoms with van der Waals surface area (Å²) in [5.41, 5.74) is 13.3. The van der Waals surface area contributed by atoms with Crippen LogP contribution in [0.15, 0.2) is 72.8 Å². The molecule has 166 valence electrons. The molecule has 0 fully saturated rings. The van der Waals surface area contributed by atoms with Crippen LogP contribution in [-0.2, 0) is 51.4 Å². The number of nitrogens with zero attached hydrogens (tertiary/aromatic N) is 2. The molecule has 4 aromatic carbocycles. The van der Waals surface area contributed by atoms with E-state index in [9.17, 15) is 0 Å². The van der Waals surface area contributed by atoms with Crippen LogP contribution in [0.2, 0.25) is 0 Å². The van der Waals surface area contributed by atoms with Crippen LogP contribution in [0.4, 0.5) is 0 Å². The standard InChI is InChI=1S/C32H28N2/c1-5-23-6-2-21(1)9-13-25-17-19-27(15-11-23)31-29(25)30-26-14-10-22-3-7-24(8-4-22)12-16-28(20-18-26)32(30)34-33-31/h1-8,17-20H,9-16H2. The second-order valence-corrected chi connectivity index (χ2v) is 10.0. The van der Waals surface area contributed by atoms with Crippen LogP contribution >= 0.6 is 0 Å². The normalized spacial score (nSPS) is 15.3. The first-order valence-corrected chi connectivity index (χ1v) is 12.7. The van der Waals surface area contributed by atoms with Gasteiger partial charge in [-0.2, -0.15) is 0 Å². The van der Waals surface area contributed by atoms with Gasteiger partial charge in [0.05, 0.1) is 11.0 Å². The van der Waals surface area contributed by atoms with Crippen molar-refractivity contribution >= 4 is 21.8 Å². The predicted molar refractivity (Wildman–Crippen MR) is 140 cm³/mol. The van der Waals surface area contributed by atoms with Gasteiger partial charge in [0.15, 0.2) is 0 Å². The molecule has 2 heteroatoms. The van der Waals surface area contributed by atoms with Gasteiger partial charge in [-0.05, 0) is 95.9 Å². The number of benzene rings is 4. The number of hydrogen-bond donors (Lipinski definition) is 0. The van der Waals surface area contributed by atoms with Gasteiger partial charge in [-0.3, -0.25) is 0 Å². The molecule has 8 bridgehead atoms. The number of rotatable bonds is 0. The summed E-state index contributed by atoms with van der Waals surface area (Å²) >= 11 is 0. The lowest BCUT2D eigenvalue weighted by molar-refractivity contribution is 0.916. The van der Waals surface area contributed by atoms with Gasteiger partial charge in [-0.1, -0.05) is 72.8 Å². The molecular weight excluding hydrogens is 412 g/mol. The minimum absolute atomic E-state index is 0.997. The molecule has 13 rings (SSSR count). The maximum Gasteiger partial charge on any atom is 0.0971 e. The molecule has 0 radical (unpaired) electrons. The Bertz CT molecular complexity index is 1410. The van der Waals surface area contributed by atoms with Crippen molar-refractivity contribution in [2.75, 3.05) is 0 Å². The Hall–Kier alpha value is -3.52. The lowest BCUT2D eigenvalue weighted by Gasteiger charge is -2.18. The first-order chi connectivity index (χ1) is 16.8. The van der Waals surface area contributed by atoms with Crippen molar-refractivity contribution in [2.45, 2.75) is 51.4 Å². The van der Waals surface area contributed by atoms with E-state index >= 15 is 0 Å².